The largest absolute Gasteiger partial charge is 0.282 e. The molecule has 0 bridgehead atoms. The second kappa shape index (κ2) is 7.37. The van der Waals surface area contributed by atoms with Crippen molar-refractivity contribution in [3.63, 3.8) is 0 Å². The molecule has 0 aromatic heterocycles. The summed E-state index contributed by atoms with van der Waals surface area (Å²) in [5.74, 6) is -0.719. The molecular weight excluding hydrogens is 382 g/mol. The van der Waals surface area contributed by atoms with Crippen LogP contribution in [0, 0.1) is 11.6 Å². The van der Waals surface area contributed by atoms with Crippen LogP contribution in [0.15, 0.2) is 83.5 Å². The maximum Gasteiger partial charge on any atom is 0.282 e. The van der Waals surface area contributed by atoms with Gasteiger partial charge in [-0.1, -0.05) is 23.7 Å². The van der Waals surface area contributed by atoms with E-state index < -0.39 is 5.82 Å². The highest BCUT2D eigenvalue weighted by atomic mass is 35.5. The highest BCUT2D eigenvalue weighted by molar-refractivity contribution is 6.34. The summed E-state index contributed by atoms with van der Waals surface area (Å²) >= 11 is 5.96. The molecule has 3 nitrogen and oxygen atoms in total. The van der Waals surface area contributed by atoms with E-state index in [0.717, 1.165) is 0 Å². The molecule has 28 heavy (non-hydrogen) atoms. The summed E-state index contributed by atoms with van der Waals surface area (Å²) in [6.45, 7) is 0. The molecule has 4 rings (SSSR count). The first-order valence-corrected chi connectivity index (χ1v) is 8.81. The molecule has 0 fully saturated rings. The lowest BCUT2D eigenvalue weighted by Gasteiger charge is -2.18. The first-order valence-electron chi connectivity index (χ1n) is 8.43. The van der Waals surface area contributed by atoms with Gasteiger partial charge in [0.25, 0.3) is 5.91 Å². The van der Waals surface area contributed by atoms with Crippen molar-refractivity contribution in [3.8, 4) is 0 Å². The van der Waals surface area contributed by atoms with Crippen LogP contribution in [0.4, 0.5) is 14.5 Å². The van der Waals surface area contributed by atoms with Gasteiger partial charge >= 0.3 is 0 Å². The molecule has 0 saturated carbocycles. The number of hydrogen-bond donors (Lipinski definition) is 0. The van der Waals surface area contributed by atoms with Crippen molar-refractivity contribution in [1.82, 2.24) is 0 Å². The van der Waals surface area contributed by atoms with Crippen LogP contribution in [0.25, 0.3) is 6.08 Å². The van der Waals surface area contributed by atoms with E-state index in [-0.39, 0.29) is 17.4 Å². The Labute approximate surface area is 165 Å². The van der Waals surface area contributed by atoms with Crippen molar-refractivity contribution in [2.75, 3.05) is 4.90 Å². The van der Waals surface area contributed by atoms with E-state index >= 15 is 0 Å². The van der Waals surface area contributed by atoms with Gasteiger partial charge in [0.1, 0.15) is 23.2 Å². The number of aliphatic imine (C=N–C) groups is 1. The van der Waals surface area contributed by atoms with Crippen molar-refractivity contribution >= 4 is 35.1 Å². The Kier molecular flexibility index (Phi) is 4.75. The third-order valence-electron chi connectivity index (χ3n) is 4.22. The van der Waals surface area contributed by atoms with Crippen LogP contribution < -0.4 is 4.90 Å². The molecule has 1 heterocycles. The Balaban J connectivity index is 1.81. The molecule has 3 aromatic carbocycles. The number of amides is 1. The van der Waals surface area contributed by atoms with Gasteiger partial charge < -0.3 is 0 Å². The second-order valence-electron chi connectivity index (χ2n) is 6.14. The zero-order valence-corrected chi connectivity index (χ0v) is 15.2. The van der Waals surface area contributed by atoms with Crippen LogP contribution in [-0.2, 0) is 4.79 Å². The zero-order chi connectivity index (χ0) is 19.7. The molecule has 0 radical (unpaired) electrons. The Morgan fingerprint density at radius 1 is 0.821 bits per heavy atom. The van der Waals surface area contributed by atoms with Gasteiger partial charge in [0, 0.05) is 10.6 Å². The van der Waals surface area contributed by atoms with Gasteiger partial charge in [-0.2, -0.15) is 0 Å². The Morgan fingerprint density at radius 2 is 1.39 bits per heavy atom. The lowest BCUT2D eigenvalue weighted by molar-refractivity contribution is -0.113. The summed E-state index contributed by atoms with van der Waals surface area (Å²) < 4.78 is 26.5. The Morgan fingerprint density at radius 3 is 2.00 bits per heavy atom. The summed E-state index contributed by atoms with van der Waals surface area (Å²) in [6, 6.07) is 18.3. The maximum absolute atomic E-state index is 13.3. The first-order chi connectivity index (χ1) is 13.5. The minimum Gasteiger partial charge on any atom is -0.266 e. The van der Waals surface area contributed by atoms with E-state index in [2.05, 4.69) is 4.99 Å². The highest BCUT2D eigenvalue weighted by Gasteiger charge is 2.32. The fraction of sp³-hybridized carbons (Fsp3) is 0. The highest BCUT2D eigenvalue weighted by Crippen LogP contribution is 2.28. The van der Waals surface area contributed by atoms with E-state index in [9.17, 15) is 13.6 Å². The molecule has 0 unspecified atom stereocenters. The standard InChI is InChI=1S/C22H13ClF2N2O/c23-16-5-3-15(4-6-16)21-26-20(13-14-1-7-17(24)8-2-14)22(28)27(21)19-11-9-18(25)10-12-19/h1-13H/b20-13+. The van der Waals surface area contributed by atoms with Crippen molar-refractivity contribution in [2.24, 2.45) is 4.99 Å². The van der Waals surface area contributed by atoms with Gasteiger partial charge in [0.2, 0.25) is 0 Å². The SMILES string of the molecule is O=C1/C(=C\c2ccc(F)cc2)N=C(c2ccc(Cl)cc2)N1c1ccc(F)cc1. The number of rotatable bonds is 3. The fourth-order valence-electron chi connectivity index (χ4n) is 2.86. The smallest absolute Gasteiger partial charge is 0.266 e. The van der Waals surface area contributed by atoms with E-state index in [0.29, 0.717) is 27.7 Å². The fourth-order valence-corrected chi connectivity index (χ4v) is 2.98. The van der Waals surface area contributed by atoms with Crippen molar-refractivity contribution < 1.29 is 13.6 Å². The van der Waals surface area contributed by atoms with E-state index in [1.807, 2.05) is 0 Å². The molecule has 1 amide bonds. The summed E-state index contributed by atoms with van der Waals surface area (Å²) in [7, 11) is 0. The summed E-state index contributed by atoms with van der Waals surface area (Å²) in [5, 5.41) is 0.559. The van der Waals surface area contributed by atoms with E-state index in [1.54, 1.807) is 42.5 Å². The number of carbonyl (C=O) groups is 1. The number of nitrogens with zero attached hydrogens (tertiary/aromatic N) is 2. The average Bonchev–Trinajstić information content (AvgIpc) is 3.01. The number of carbonyl (C=O) groups excluding carboxylic acids is 1. The Bertz CT molecular complexity index is 1090. The molecule has 0 aliphatic carbocycles. The van der Waals surface area contributed by atoms with E-state index in [4.69, 9.17) is 11.6 Å². The average molecular weight is 395 g/mol. The van der Waals surface area contributed by atoms with Crippen molar-refractivity contribution in [2.45, 2.75) is 0 Å². The molecule has 138 valence electrons. The van der Waals surface area contributed by atoms with Crippen LogP contribution in [-0.4, -0.2) is 11.7 Å². The van der Waals surface area contributed by atoms with Crippen LogP contribution in [0.5, 0.6) is 0 Å². The van der Waals surface area contributed by atoms with Crippen molar-refractivity contribution in [3.05, 3.63) is 106 Å². The lowest BCUT2D eigenvalue weighted by atomic mass is 10.1. The van der Waals surface area contributed by atoms with Gasteiger partial charge in [0.05, 0.1) is 5.69 Å². The normalized spacial score (nSPS) is 15.2. The van der Waals surface area contributed by atoms with Gasteiger partial charge in [-0.05, 0) is 72.3 Å². The molecule has 0 spiro atoms. The molecular formula is C22H13ClF2N2O. The molecule has 3 aromatic rings. The molecule has 6 heteroatoms. The summed E-state index contributed by atoms with van der Waals surface area (Å²) in [4.78, 5) is 19.0. The number of amidine groups is 1. The van der Waals surface area contributed by atoms with Crippen LogP contribution in [0.2, 0.25) is 5.02 Å². The van der Waals surface area contributed by atoms with Gasteiger partial charge in [-0.15, -0.1) is 0 Å². The van der Waals surface area contributed by atoms with Crippen LogP contribution >= 0.6 is 11.6 Å². The third-order valence-corrected chi connectivity index (χ3v) is 4.47. The van der Waals surface area contributed by atoms with Gasteiger partial charge in [-0.25, -0.2) is 13.8 Å². The second-order valence-corrected chi connectivity index (χ2v) is 6.58. The van der Waals surface area contributed by atoms with Gasteiger partial charge in [0.15, 0.2) is 0 Å². The monoisotopic (exact) mass is 394 g/mol. The third kappa shape index (κ3) is 3.57. The van der Waals surface area contributed by atoms with Crippen LogP contribution in [0.1, 0.15) is 11.1 Å². The number of hydrogen-bond acceptors (Lipinski definition) is 2. The van der Waals surface area contributed by atoms with E-state index in [1.165, 1.54) is 41.3 Å². The minimum absolute atomic E-state index is 0.195. The predicted molar refractivity (Wildman–Crippen MR) is 106 cm³/mol. The lowest BCUT2D eigenvalue weighted by Crippen LogP contribution is -2.32. The molecule has 0 saturated heterocycles. The topological polar surface area (TPSA) is 32.7 Å². The zero-order valence-electron chi connectivity index (χ0n) is 14.4. The molecule has 1 aliphatic rings. The van der Waals surface area contributed by atoms with Gasteiger partial charge in [-0.3, -0.25) is 9.69 Å². The number of anilines is 1. The van der Waals surface area contributed by atoms with Crippen molar-refractivity contribution in [1.29, 1.82) is 0 Å². The molecule has 1 aliphatic heterocycles. The number of benzene rings is 3. The minimum atomic E-state index is -0.401. The molecule has 0 N–H and O–H groups in total. The summed E-state index contributed by atoms with van der Waals surface area (Å²) in [6.07, 6.45) is 1.58. The summed E-state index contributed by atoms with van der Waals surface area (Å²) in [5.41, 5.74) is 2.01. The number of halogens is 3. The van der Waals surface area contributed by atoms with Crippen LogP contribution in [0.3, 0.4) is 0 Å². The quantitative estimate of drug-likeness (QED) is 0.543. The maximum atomic E-state index is 13.3. The first kappa shape index (κ1) is 18.1. The Hall–Kier alpha value is -3.31. The predicted octanol–water partition coefficient (Wildman–Crippen LogP) is 5.45. The molecule has 0 atom stereocenters.